The van der Waals surface area contributed by atoms with Crippen LogP contribution in [0.1, 0.15) is 18.4 Å². The predicted octanol–water partition coefficient (Wildman–Crippen LogP) is 1.87. The zero-order valence-corrected chi connectivity index (χ0v) is 11.2. The summed E-state index contributed by atoms with van der Waals surface area (Å²) in [6.45, 7) is 4.87. The topological polar surface area (TPSA) is 45.6 Å². The van der Waals surface area contributed by atoms with Gasteiger partial charge >= 0.3 is 0 Å². The van der Waals surface area contributed by atoms with Crippen LogP contribution in [-0.2, 0) is 4.74 Å². The standard InChI is InChI=1S/C15H21N3O/c1-3-14(18-11-12-5-7-16-8-6-12)4-2-13(1)15-17-9-10-19-15/h1-4,12,16,18H,5-11H2. The summed E-state index contributed by atoms with van der Waals surface area (Å²) in [6.07, 6.45) is 2.55. The maximum absolute atomic E-state index is 5.46. The van der Waals surface area contributed by atoms with E-state index in [1.165, 1.54) is 18.5 Å². The van der Waals surface area contributed by atoms with Gasteiger partial charge in [-0.1, -0.05) is 0 Å². The molecule has 0 amide bonds. The maximum atomic E-state index is 5.46. The molecular weight excluding hydrogens is 238 g/mol. The summed E-state index contributed by atoms with van der Waals surface area (Å²) < 4.78 is 5.46. The molecule has 0 saturated carbocycles. The minimum Gasteiger partial charge on any atom is -0.476 e. The monoisotopic (exact) mass is 259 g/mol. The molecule has 0 aliphatic carbocycles. The maximum Gasteiger partial charge on any atom is 0.216 e. The first kappa shape index (κ1) is 12.5. The average Bonchev–Trinajstić information content (AvgIpc) is 3.01. The van der Waals surface area contributed by atoms with Gasteiger partial charge in [0.1, 0.15) is 6.61 Å². The number of hydrogen-bond donors (Lipinski definition) is 2. The van der Waals surface area contributed by atoms with Crippen LogP contribution < -0.4 is 10.6 Å². The van der Waals surface area contributed by atoms with E-state index in [1.54, 1.807) is 0 Å². The molecule has 2 aliphatic heterocycles. The van der Waals surface area contributed by atoms with Crippen LogP contribution in [0.3, 0.4) is 0 Å². The molecule has 0 bridgehead atoms. The normalized spacial score (nSPS) is 19.9. The second kappa shape index (κ2) is 6.06. The van der Waals surface area contributed by atoms with Gasteiger partial charge in [0.15, 0.2) is 0 Å². The van der Waals surface area contributed by atoms with Crippen molar-refractivity contribution in [2.24, 2.45) is 10.9 Å². The molecule has 0 unspecified atom stereocenters. The van der Waals surface area contributed by atoms with Gasteiger partial charge in [-0.3, -0.25) is 0 Å². The zero-order chi connectivity index (χ0) is 12.9. The van der Waals surface area contributed by atoms with E-state index in [-0.39, 0.29) is 0 Å². The SMILES string of the molecule is c1cc(C2=NCCO2)ccc1NCC1CCNCC1. The Labute approximate surface area is 114 Å². The summed E-state index contributed by atoms with van der Waals surface area (Å²) in [5, 5.41) is 6.92. The molecule has 2 aliphatic rings. The molecule has 4 nitrogen and oxygen atoms in total. The summed E-state index contributed by atoms with van der Waals surface area (Å²) in [5.41, 5.74) is 2.26. The van der Waals surface area contributed by atoms with Gasteiger partial charge in [-0.2, -0.15) is 0 Å². The first-order valence-corrected chi connectivity index (χ1v) is 7.14. The average molecular weight is 259 g/mol. The molecule has 0 atom stereocenters. The number of benzene rings is 1. The molecule has 19 heavy (non-hydrogen) atoms. The van der Waals surface area contributed by atoms with Crippen molar-refractivity contribution in [3.05, 3.63) is 29.8 Å². The van der Waals surface area contributed by atoms with Crippen molar-refractivity contribution in [2.45, 2.75) is 12.8 Å². The van der Waals surface area contributed by atoms with Crippen LogP contribution in [0.2, 0.25) is 0 Å². The van der Waals surface area contributed by atoms with Gasteiger partial charge in [0.05, 0.1) is 6.54 Å². The number of nitrogens with one attached hydrogen (secondary N) is 2. The molecular formula is C15H21N3O. The second-order valence-corrected chi connectivity index (χ2v) is 5.19. The molecule has 102 valence electrons. The first-order valence-electron chi connectivity index (χ1n) is 7.14. The van der Waals surface area contributed by atoms with Gasteiger partial charge in [-0.05, 0) is 56.1 Å². The minimum absolute atomic E-state index is 0.713. The van der Waals surface area contributed by atoms with Gasteiger partial charge in [-0.15, -0.1) is 0 Å². The molecule has 0 aromatic heterocycles. The molecule has 0 spiro atoms. The molecule has 1 saturated heterocycles. The number of nitrogens with zero attached hydrogens (tertiary/aromatic N) is 1. The van der Waals surface area contributed by atoms with Crippen LogP contribution in [0.5, 0.6) is 0 Å². The fraction of sp³-hybridized carbons (Fsp3) is 0.533. The highest BCUT2D eigenvalue weighted by molar-refractivity contribution is 5.95. The van der Waals surface area contributed by atoms with E-state index in [0.717, 1.165) is 43.6 Å². The number of anilines is 1. The summed E-state index contributed by atoms with van der Waals surface area (Å²) in [7, 11) is 0. The van der Waals surface area contributed by atoms with E-state index in [0.29, 0.717) is 6.61 Å². The smallest absolute Gasteiger partial charge is 0.216 e. The third kappa shape index (κ3) is 3.26. The van der Waals surface area contributed by atoms with Crippen LogP contribution >= 0.6 is 0 Å². The lowest BCUT2D eigenvalue weighted by molar-refractivity contribution is 0.348. The largest absolute Gasteiger partial charge is 0.476 e. The Morgan fingerprint density at radius 2 is 2.00 bits per heavy atom. The Hall–Kier alpha value is -1.55. The third-order valence-electron chi connectivity index (χ3n) is 3.77. The van der Waals surface area contributed by atoms with E-state index in [4.69, 9.17) is 4.74 Å². The van der Waals surface area contributed by atoms with Crippen molar-refractivity contribution < 1.29 is 4.74 Å². The second-order valence-electron chi connectivity index (χ2n) is 5.19. The van der Waals surface area contributed by atoms with Gasteiger partial charge in [0.2, 0.25) is 5.90 Å². The van der Waals surface area contributed by atoms with Gasteiger partial charge in [0, 0.05) is 17.8 Å². The Bertz CT molecular complexity index is 435. The van der Waals surface area contributed by atoms with E-state index >= 15 is 0 Å². The van der Waals surface area contributed by atoms with Gasteiger partial charge < -0.3 is 15.4 Å². The van der Waals surface area contributed by atoms with E-state index in [9.17, 15) is 0 Å². The van der Waals surface area contributed by atoms with Crippen molar-refractivity contribution in [1.29, 1.82) is 0 Å². The molecule has 4 heteroatoms. The highest BCUT2D eigenvalue weighted by atomic mass is 16.5. The van der Waals surface area contributed by atoms with Gasteiger partial charge in [0.25, 0.3) is 0 Å². The van der Waals surface area contributed by atoms with E-state index in [2.05, 4.69) is 39.9 Å². The van der Waals surface area contributed by atoms with E-state index in [1.807, 2.05) is 0 Å². The van der Waals surface area contributed by atoms with Crippen molar-refractivity contribution in [3.63, 3.8) is 0 Å². The highest BCUT2D eigenvalue weighted by Crippen LogP contribution is 2.16. The summed E-state index contributed by atoms with van der Waals surface area (Å²) >= 11 is 0. The highest BCUT2D eigenvalue weighted by Gasteiger charge is 2.13. The summed E-state index contributed by atoms with van der Waals surface area (Å²) in [5.74, 6) is 1.58. The number of ether oxygens (including phenoxy) is 1. The van der Waals surface area contributed by atoms with Crippen molar-refractivity contribution >= 4 is 11.6 Å². The lowest BCUT2D eigenvalue weighted by Gasteiger charge is -2.23. The summed E-state index contributed by atoms with van der Waals surface area (Å²) in [4.78, 5) is 4.32. The molecule has 0 radical (unpaired) electrons. The lowest BCUT2D eigenvalue weighted by atomic mass is 9.98. The zero-order valence-electron chi connectivity index (χ0n) is 11.2. The Morgan fingerprint density at radius 3 is 2.68 bits per heavy atom. The Morgan fingerprint density at radius 1 is 1.21 bits per heavy atom. The number of hydrogen-bond acceptors (Lipinski definition) is 4. The molecule has 1 fully saturated rings. The predicted molar refractivity (Wildman–Crippen MR) is 77.9 cm³/mol. The van der Waals surface area contributed by atoms with Gasteiger partial charge in [-0.25, -0.2) is 4.99 Å². The van der Waals surface area contributed by atoms with Crippen LogP contribution in [-0.4, -0.2) is 38.7 Å². The molecule has 2 heterocycles. The van der Waals surface area contributed by atoms with Crippen LogP contribution in [0.15, 0.2) is 29.3 Å². The summed E-state index contributed by atoms with van der Waals surface area (Å²) in [6, 6.07) is 8.38. The minimum atomic E-state index is 0.713. The first-order chi connectivity index (χ1) is 9.42. The fourth-order valence-corrected chi connectivity index (χ4v) is 2.59. The molecule has 3 rings (SSSR count). The molecule has 1 aromatic rings. The number of piperidine rings is 1. The third-order valence-corrected chi connectivity index (χ3v) is 3.77. The lowest BCUT2D eigenvalue weighted by Crippen LogP contribution is -2.31. The molecule has 2 N–H and O–H groups in total. The van der Waals surface area contributed by atoms with Crippen LogP contribution in [0, 0.1) is 5.92 Å². The van der Waals surface area contributed by atoms with Crippen LogP contribution in [0.25, 0.3) is 0 Å². The Balaban J connectivity index is 1.53. The van der Waals surface area contributed by atoms with Crippen molar-refractivity contribution in [3.8, 4) is 0 Å². The number of aliphatic imine (C=N–C) groups is 1. The Kier molecular flexibility index (Phi) is 3.98. The van der Waals surface area contributed by atoms with Crippen molar-refractivity contribution in [1.82, 2.24) is 5.32 Å². The quantitative estimate of drug-likeness (QED) is 0.868. The van der Waals surface area contributed by atoms with Crippen LogP contribution in [0.4, 0.5) is 5.69 Å². The van der Waals surface area contributed by atoms with E-state index < -0.39 is 0 Å². The van der Waals surface area contributed by atoms with Crippen molar-refractivity contribution in [2.75, 3.05) is 38.1 Å². The number of rotatable bonds is 4. The fourth-order valence-electron chi connectivity index (χ4n) is 2.59. The molecule has 1 aromatic carbocycles.